The Kier molecular flexibility index (Phi) is 6.54. The Morgan fingerprint density at radius 3 is 2.70 bits per heavy atom. The van der Waals surface area contributed by atoms with Gasteiger partial charge in [0.05, 0.1) is 6.42 Å². The quantitative estimate of drug-likeness (QED) is 0.417. The van der Waals surface area contributed by atoms with Crippen LogP contribution in [0.5, 0.6) is 5.75 Å². The number of carbonyl (C=O) groups excluding carboxylic acids is 2. The van der Waals surface area contributed by atoms with E-state index in [1.807, 2.05) is 6.92 Å². The lowest BCUT2D eigenvalue weighted by Crippen LogP contribution is -2.36. The molecule has 110 valence electrons. The van der Waals surface area contributed by atoms with Crippen molar-refractivity contribution in [2.75, 3.05) is 5.75 Å². The monoisotopic (exact) mass is 297 g/mol. The minimum Gasteiger partial charge on any atom is -0.508 e. The highest BCUT2D eigenvalue weighted by molar-refractivity contribution is 7.80. The molecule has 0 bridgehead atoms. The average Bonchev–Trinajstić information content (AvgIpc) is 2.40. The third kappa shape index (κ3) is 4.86. The Bertz CT molecular complexity index is 490. The van der Waals surface area contributed by atoms with Crippen LogP contribution >= 0.6 is 12.6 Å². The molecule has 0 saturated heterocycles. The molecule has 5 nitrogen and oxygen atoms in total. The molecule has 0 aliphatic heterocycles. The average molecular weight is 297 g/mol. The molecule has 1 aromatic carbocycles. The van der Waals surface area contributed by atoms with E-state index < -0.39 is 18.0 Å². The van der Waals surface area contributed by atoms with Crippen LogP contribution in [0.2, 0.25) is 0 Å². The number of rotatable bonds is 6. The van der Waals surface area contributed by atoms with Crippen LogP contribution in [0.15, 0.2) is 18.2 Å². The maximum absolute atomic E-state index is 11.7. The molecule has 3 N–H and O–H groups in total. The van der Waals surface area contributed by atoms with E-state index in [-0.39, 0.29) is 18.6 Å². The number of phenols is 1. The summed E-state index contributed by atoms with van der Waals surface area (Å²) in [7, 11) is 0. The zero-order chi connectivity index (χ0) is 15.1. The van der Waals surface area contributed by atoms with Crippen LogP contribution in [0.1, 0.15) is 24.5 Å². The summed E-state index contributed by atoms with van der Waals surface area (Å²) in [5.41, 5.74) is 7.52. The first-order valence-corrected chi connectivity index (χ1v) is 7.02. The number of hydrogen-bond donors (Lipinski definition) is 3. The Morgan fingerprint density at radius 2 is 2.10 bits per heavy atom. The molecule has 20 heavy (non-hydrogen) atoms. The normalized spacial score (nSPS) is 11.9. The van der Waals surface area contributed by atoms with Crippen molar-refractivity contribution < 1.29 is 19.4 Å². The predicted molar refractivity (Wildman–Crippen MR) is 78.7 cm³/mol. The molecule has 1 rings (SSSR count). The lowest BCUT2D eigenvalue weighted by atomic mass is 9.98. The second-order valence-corrected chi connectivity index (χ2v) is 4.83. The standard InChI is InChI=1S/C14H19NO4S/c1-2-9-7-11(16)4-3-10(9)8-12(15)14(18)19-13(17)5-6-20/h3-4,7,12,16,20H,2,5-6,8,15H2,1H3/t12-/m0/s1. The third-order valence-electron chi connectivity index (χ3n) is 2.84. The maximum Gasteiger partial charge on any atom is 0.330 e. The molecule has 0 saturated carbocycles. The van der Waals surface area contributed by atoms with Crippen LogP contribution in [0, 0.1) is 0 Å². The molecule has 6 heteroatoms. The van der Waals surface area contributed by atoms with Crippen LogP contribution in [0.3, 0.4) is 0 Å². The largest absolute Gasteiger partial charge is 0.508 e. The zero-order valence-electron chi connectivity index (χ0n) is 11.3. The second-order valence-electron chi connectivity index (χ2n) is 4.38. The molecule has 0 spiro atoms. The SMILES string of the molecule is CCc1cc(O)ccc1C[C@H](N)C(=O)OC(=O)CCS. The Balaban J connectivity index is 2.68. The van der Waals surface area contributed by atoms with Crippen molar-refractivity contribution in [1.82, 2.24) is 0 Å². The Hall–Kier alpha value is -1.53. The summed E-state index contributed by atoms with van der Waals surface area (Å²) in [5.74, 6) is -0.876. The highest BCUT2D eigenvalue weighted by Crippen LogP contribution is 2.18. The molecular formula is C14H19NO4S. The van der Waals surface area contributed by atoms with Crippen LogP contribution < -0.4 is 5.73 Å². The number of aryl methyl sites for hydroxylation is 1. The number of ether oxygens (including phenoxy) is 1. The van der Waals surface area contributed by atoms with Crippen molar-refractivity contribution >= 4 is 24.6 Å². The number of aromatic hydroxyl groups is 1. The number of carbonyl (C=O) groups is 2. The van der Waals surface area contributed by atoms with E-state index in [9.17, 15) is 14.7 Å². The van der Waals surface area contributed by atoms with E-state index in [0.717, 1.165) is 11.1 Å². The molecule has 0 unspecified atom stereocenters. The van der Waals surface area contributed by atoms with E-state index >= 15 is 0 Å². The van der Waals surface area contributed by atoms with Gasteiger partial charge in [0, 0.05) is 5.75 Å². The fourth-order valence-electron chi connectivity index (χ4n) is 1.79. The number of benzene rings is 1. The summed E-state index contributed by atoms with van der Waals surface area (Å²) in [5, 5.41) is 9.42. The van der Waals surface area contributed by atoms with E-state index in [1.54, 1.807) is 18.2 Å². The molecule has 0 heterocycles. The predicted octanol–water partition coefficient (Wildman–Crippen LogP) is 1.21. The number of phenolic OH excluding ortho intramolecular Hbond substituents is 1. The molecule has 1 atom stereocenters. The fraction of sp³-hybridized carbons (Fsp3) is 0.429. The van der Waals surface area contributed by atoms with E-state index in [0.29, 0.717) is 12.2 Å². The van der Waals surface area contributed by atoms with Crippen molar-refractivity contribution in [3.8, 4) is 5.75 Å². The van der Waals surface area contributed by atoms with Crippen molar-refractivity contribution in [3.05, 3.63) is 29.3 Å². The highest BCUT2D eigenvalue weighted by Gasteiger charge is 2.20. The van der Waals surface area contributed by atoms with Crippen molar-refractivity contribution in [3.63, 3.8) is 0 Å². The number of esters is 2. The summed E-state index contributed by atoms with van der Waals surface area (Å²) in [6, 6.07) is 3.99. The molecule has 0 radical (unpaired) electrons. The molecule has 0 amide bonds. The van der Waals surface area contributed by atoms with Crippen molar-refractivity contribution in [2.45, 2.75) is 32.2 Å². The highest BCUT2D eigenvalue weighted by atomic mass is 32.1. The van der Waals surface area contributed by atoms with Gasteiger partial charge in [-0.05, 0) is 36.1 Å². The van der Waals surface area contributed by atoms with Gasteiger partial charge in [0.25, 0.3) is 0 Å². The third-order valence-corrected chi connectivity index (χ3v) is 3.07. The zero-order valence-corrected chi connectivity index (χ0v) is 12.2. The van der Waals surface area contributed by atoms with Crippen LogP contribution in [0.25, 0.3) is 0 Å². The van der Waals surface area contributed by atoms with E-state index in [4.69, 9.17) is 5.73 Å². The van der Waals surface area contributed by atoms with E-state index in [1.165, 1.54) is 0 Å². The lowest BCUT2D eigenvalue weighted by Gasteiger charge is -2.13. The summed E-state index contributed by atoms with van der Waals surface area (Å²) in [6.07, 6.45) is 1.04. The number of thiol groups is 1. The van der Waals surface area contributed by atoms with E-state index in [2.05, 4.69) is 17.4 Å². The van der Waals surface area contributed by atoms with Gasteiger partial charge in [0.1, 0.15) is 11.8 Å². The fourth-order valence-corrected chi connectivity index (χ4v) is 1.97. The molecular weight excluding hydrogens is 278 g/mol. The first-order valence-electron chi connectivity index (χ1n) is 6.39. The Morgan fingerprint density at radius 1 is 1.40 bits per heavy atom. The smallest absolute Gasteiger partial charge is 0.330 e. The van der Waals surface area contributed by atoms with Crippen LogP contribution in [-0.4, -0.2) is 28.8 Å². The first-order chi connectivity index (χ1) is 9.47. The summed E-state index contributed by atoms with van der Waals surface area (Å²) >= 11 is 3.88. The van der Waals surface area contributed by atoms with Gasteiger partial charge in [-0.25, -0.2) is 4.79 Å². The lowest BCUT2D eigenvalue weighted by molar-refractivity contribution is -0.160. The van der Waals surface area contributed by atoms with Gasteiger partial charge < -0.3 is 15.6 Å². The van der Waals surface area contributed by atoms with Crippen molar-refractivity contribution in [1.29, 1.82) is 0 Å². The Labute approximate surface area is 123 Å². The summed E-state index contributed by atoms with van der Waals surface area (Å²) in [6.45, 7) is 1.94. The minimum atomic E-state index is -0.909. The van der Waals surface area contributed by atoms with Crippen molar-refractivity contribution in [2.24, 2.45) is 5.73 Å². The van der Waals surface area contributed by atoms with Gasteiger partial charge in [-0.1, -0.05) is 13.0 Å². The van der Waals surface area contributed by atoms with Gasteiger partial charge >= 0.3 is 11.9 Å². The summed E-state index contributed by atoms with van der Waals surface area (Å²) in [4.78, 5) is 22.9. The van der Waals surface area contributed by atoms with Gasteiger partial charge in [-0.3, -0.25) is 4.79 Å². The number of hydrogen-bond acceptors (Lipinski definition) is 6. The maximum atomic E-state index is 11.7. The number of nitrogens with two attached hydrogens (primary N) is 1. The molecule has 0 fully saturated rings. The van der Waals surface area contributed by atoms with Gasteiger partial charge in [-0.15, -0.1) is 0 Å². The minimum absolute atomic E-state index is 0.0704. The molecule has 1 aromatic rings. The van der Waals surface area contributed by atoms with Gasteiger partial charge in [-0.2, -0.15) is 12.6 Å². The molecule has 0 aliphatic carbocycles. The molecule has 0 aromatic heterocycles. The first kappa shape index (κ1) is 16.5. The second kappa shape index (κ2) is 7.91. The molecule has 0 aliphatic rings. The summed E-state index contributed by atoms with van der Waals surface area (Å²) < 4.78 is 4.62. The van der Waals surface area contributed by atoms with Gasteiger partial charge in [0.2, 0.25) is 0 Å². The van der Waals surface area contributed by atoms with Crippen LogP contribution in [-0.2, 0) is 27.2 Å². The topological polar surface area (TPSA) is 89.6 Å². The van der Waals surface area contributed by atoms with Gasteiger partial charge in [0.15, 0.2) is 0 Å². The van der Waals surface area contributed by atoms with Crippen LogP contribution in [0.4, 0.5) is 0 Å².